The SMILES string of the molecule is CC(C)N=C1/C(=C\c2ccccc2)N(C(C)C)C(=O)N1C(C)C. The Balaban J connectivity index is 2.61. The molecule has 2 amide bonds. The number of carbonyl (C=O) groups excluding carboxylic acids is 1. The summed E-state index contributed by atoms with van der Waals surface area (Å²) >= 11 is 0. The molecule has 1 saturated heterocycles. The first-order valence-electron chi connectivity index (χ1n) is 8.30. The zero-order valence-corrected chi connectivity index (χ0v) is 14.9. The summed E-state index contributed by atoms with van der Waals surface area (Å²) < 4.78 is 0. The number of urea groups is 1. The molecule has 1 aliphatic rings. The Morgan fingerprint density at radius 3 is 1.96 bits per heavy atom. The van der Waals surface area contributed by atoms with Gasteiger partial charge in [-0.2, -0.15) is 0 Å². The Kier molecular flexibility index (Phi) is 5.24. The van der Waals surface area contributed by atoms with Gasteiger partial charge in [-0.3, -0.25) is 14.8 Å². The molecule has 4 nitrogen and oxygen atoms in total. The molecule has 0 aromatic heterocycles. The number of aliphatic imine (C=N–C) groups is 1. The second-order valence-corrected chi connectivity index (χ2v) is 6.70. The molecule has 0 N–H and O–H groups in total. The van der Waals surface area contributed by atoms with Crippen molar-refractivity contribution in [3.63, 3.8) is 0 Å². The Hall–Kier alpha value is -2.10. The van der Waals surface area contributed by atoms with E-state index in [2.05, 4.69) is 6.08 Å². The molecule has 124 valence electrons. The quantitative estimate of drug-likeness (QED) is 0.812. The van der Waals surface area contributed by atoms with Crippen LogP contribution >= 0.6 is 0 Å². The summed E-state index contributed by atoms with van der Waals surface area (Å²) in [5.74, 6) is 0.776. The molecule has 2 rings (SSSR count). The summed E-state index contributed by atoms with van der Waals surface area (Å²) in [5, 5.41) is 0. The van der Waals surface area contributed by atoms with Crippen LogP contribution in [0, 0.1) is 0 Å². The van der Waals surface area contributed by atoms with E-state index in [1.807, 2.05) is 76.8 Å². The van der Waals surface area contributed by atoms with Gasteiger partial charge >= 0.3 is 6.03 Å². The van der Waals surface area contributed by atoms with Gasteiger partial charge in [0.05, 0.1) is 5.70 Å². The van der Waals surface area contributed by atoms with Gasteiger partial charge in [-0.05, 0) is 53.2 Å². The fourth-order valence-electron chi connectivity index (χ4n) is 2.72. The summed E-state index contributed by atoms with van der Waals surface area (Å²) in [4.78, 5) is 21.3. The lowest BCUT2D eigenvalue weighted by molar-refractivity contribution is 0.186. The lowest BCUT2D eigenvalue weighted by atomic mass is 10.1. The zero-order valence-electron chi connectivity index (χ0n) is 14.9. The van der Waals surface area contributed by atoms with Crippen molar-refractivity contribution in [1.82, 2.24) is 9.80 Å². The van der Waals surface area contributed by atoms with Gasteiger partial charge in [-0.15, -0.1) is 0 Å². The number of hydrogen-bond donors (Lipinski definition) is 0. The molecule has 4 heteroatoms. The van der Waals surface area contributed by atoms with Crippen LogP contribution in [0.15, 0.2) is 41.0 Å². The first kappa shape index (κ1) is 17.3. The smallest absolute Gasteiger partial charge is 0.288 e. The van der Waals surface area contributed by atoms with Gasteiger partial charge in [0.1, 0.15) is 0 Å². The van der Waals surface area contributed by atoms with Crippen molar-refractivity contribution in [1.29, 1.82) is 0 Å². The fourth-order valence-corrected chi connectivity index (χ4v) is 2.72. The highest BCUT2D eigenvalue weighted by molar-refractivity contribution is 6.17. The molecule has 0 atom stereocenters. The third-order valence-electron chi connectivity index (χ3n) is 3.65. The lowest BCUT2D eigenvalue weighted by Crippen LogP contribution is -2.40. The van der Waals surface area contributed by atoms with Crippen LogP contribution in [0.2, 0.25) is 0 Å². The van der Waals surface area contributed by atoms with Gasteiger partial charge in [0.2, 0.25) is 0 Å². The number of amides is 2. The normalized spacial score (nSPS) is 19.3. The van der Waals surface area contributed by atoms with Crippen molar-refractivity contribution in [3.8, 4) is 0 Å². The molecule has 0 spiro atoms. The van der Waals surface area contributed by atoms with Crippen LogP contribution in [0.25, 0.3) is 6.08 Å². The van der Waals surface area contributed by atoms with Crippen LogP contribution in [-0.4, -0.2) is 39.8 Å². The maximum absolute atomic E-state index is 12.9. The van der Waals surface area contributed by atoms with E-state index < -0.39 is 0 Å². The Morgan fingerprint density at radius 2 is 1.48 bits per heavy atom. The van der Waals surface area contributed by atoms with E-state index in [0.717, 1.165) is 17.1 Å². The molecule has 1 aliphatic heterocycles. The van der Waals surface area contributed by atoms with Crippen LogP contribution in [0.4, 0.5) is 4.79 Å². The van der Waals surface area contributed by atoms with Crippen molar-refractivity contribution in [2.24, 2.45) is 4.99 Å². The predicted molar refractivity (Wildman–Crippen MR) is 96.3 cm³/mol. The van der Waals surface area contributed by atoms with Crippen LogP contribution in [0.3, 0.4) is 0 Å². The van der Waals surface area contributed by atoms with E-state index in [4.69, 9.17) is 4.99 Å². The fraction of sp³-hybridized carbons (Fsp3) is 0.474. The largest absolute Gasteiger partial charge is 0.330 e. The Morgan fingerprint density at radius 1 is 0.913 bits per heavy atom. The van der Waals surface area contributed by atoms with Gasteiger partial charge in [0, 0.05) is 18.1 Å². The number of hydrogen-bond acceptors (Lipinski definition) is 2. The predicted octanol–water partition coefficient (Wildman–Crippen LogP) is 4.39. The molecular formula is C19H27N3O. The molecule has 1 aromatic carbocycles. The van der Waals surface area contributed by atoms with E-state index in [0.29, 0.717) is 0 Å². The summed E-state index contributed by atoms with van der Waals surface area (Å²) in [6.45, 7) is 12.2. The van der Waals surface area contributed by atoms with Crippen LogP contribution in [-0.2, 0) is 0 Å². The van der Waals surface area contributed by atoms with Crippen LogP contribution < -0.4 is 0 Å². The molecular weight excluding hydrogens is 286 g/mol. The molecule has 1 fully saturated rings. The molecule has 0 saturated carbocycles. The number of rotatable bonds is 4. The molecule has 0 aliphatic carbocycles. The third-order valence-corrected chi connectivity index (χ3v) is 3.65. The summed E-state index contributed by atoms with van der Waals surface area (Å²) in [6, 6.07) is 10.4. The highest BCUT2D eigenvalue weighted by atomic mass is 16.2. The maximum atomic E-state index is 12.9. The monoisotopic (exact) mass is 313 g/mol. The average molecular weight is 313 g/mol. The maximum Gasteiger partial charge on any atom is 0.330 e. The molecule has 0 bridgehead atoms. The van der Waals surface area contributed by atoms with Gasteiger partial charge in [0.25, 0.3) is 0 Å². The third kappa shape index (κ3) is 3.63. The van der Waals surface area contributed by atoms with Crippen molar-refractivity contribution in [2.45, 2.75) is 59.7 Å². The summed E-state index contributed by atoms with van der Waals surface area (Å²) in [5.41, 5.74) is 1.96. The standard InChI is InChI=1S/C19H27N3O/c1-13(2)20-18-17(12-16-10-8-7-9-11-16)21(14(3)4)19(23)22(18)15(5)6/h7-15H,1-6H3/b17-12+,20-18?. The zero-order chi connectivity index (χ0) is 17.1. The molecule has 1 aromatic rings. The Labute approximate surface area is 139 Å². The molecule has 23 heavy (non-hydrogen) atoms. The lowest BCUT2D eigenvalue weighted by Gasteiger charge is -2.23. The van der Waals surface area contributed by atoms with Gasteiger partial charge in [-0.1, -0.05) is 30.3 Å². The highest BCUT2D eigenvalue weighted by Gasteiger charge is 2.41. The van der Waals surface area contributed by atoms with Crippen molar-refractivity contribution in [2.75, 3.05) is 0 Å². The minimum absolute atomic E-state index is 0.0107. The number of nitrogens with zero attached hydrogens (tertiary/aromatic N) is 3. The number of amidine groups is 1. The van der Waals surface area contributed by atoms with E-state index in [-0.39, 0.29) is 24.2 Å². The van der Waals surface area contributed by atoms with E-state index >= 15 is 0 Å². The van der Waals surface area contributed by atoms with Gasteiger partial charge in [0.15, 0.2) is 5.84 Å². The van der Waals surface area contributed by atoms with Crippen molar-refractivity contribution < 1.29 is 4.79 Å². The van der Waals surface area contributed by atoms with Crippen LogP contribution in [0.1, 0.15) is 47.1 Å². The highest BCUT2D eigenvalue weighted by Crippen LogP contribution is 2.29. The second kappa shape index (κ2) is 6.99. The van der Waals surface area contributed by atoms with E-state index in [1.165, 1.54) is 0 Å². The molecule has 1 heterocycles. The Bertz CT molecular complexity index is 615. The number of benzene rings is 1. The molecule has 0 unspecified atom stereocenters. The minimum Gasteiger partial charge on any atom is -0.288 e. The van der Waals surface area contributed by atoms with E-state index in [9.17, 15) is 4.79 Å². The van der Waals surface area contributed by atoms with Crippen LogP contribution in [0.5, 0.6) is 0 Å². The van der Waals surface area contributed by atoms with Crippen molar-refractivity contribution >= 4 is 17.9 Å². The van der Waals surface area contributed by atoms with Gasteiger partial charge in [-0.25, -0.2) is 4.79 Å². The van der Waals surface area contributed by atoms with Crippen molar-refractivity contribution in [3.05, 3.63) is 41.6 Å². The first-order valence-corrected chi connectivity index (χ1v) is 8.30. The number of carbonyl (C=O) groups is 1. The van der Waals surface area contributed by atoms with Gasteiger partial charge < -0.3 is 0 Å². The second-order valence-electron chi connectivity index (χ2n) is 6.70. The summed E-state index contributed by atoms with van der Waals surface area (Å²) in [7, 11) is 0. The van der Waals surface area contributed by atoms with E-state index in [1.54, 1.807) is 4.90 Å². The minimum atomic E-state index is 0.0107. The molecule has 0 radical (unpaired) electrons. The first-order chi connectivity index (χ1) is 10.8. The average Bonchev–Trinajstić information content (AvgIpc) is 2.71. The summed E-state index contributed by atoms with van der Waals surface area (Å²) in [6.07, 6.45) is 2.06. The topological polar surface area (TPSA) is 35.9 Å².